The van der Waals surface area contributed by atoms with E-state index in [1.165, 1.54) is 10.6 Å². The molecular formula is C32H34N2O6S. The second-order valence-electron chi connectivity index (χ2n) is 9.99. The van der Waals surface area contributed by atoms with E-state index in [0.29, 0.717) is 46.8 Å². The fourth-order valence-corrected chi connectivity index (χ4v) is 6.24. The molecule has 0 bridgehead atoms. The van der Waals surface area contributed by atoms with Crippen molar-refractivity contribution in [2.45, 2.75) is 38.5 Å². The summed E-state index contributed by atoms with van der Waals surface area (Å²) in [5.41, 5.74) is 9.90. The summed E-state index contributed by atoms with van der Waals surface area (Å²) in [5.74, 6) is 1.38. The van der Waals surface area contributed by atoms with E-state index >= 15 is 0 Å². The number of hydrogen-bond acceptors (Lipinski definition) is 7. The van der Waals surface area contributed by atoms with E-state index < -0.39 is 22.2 Å². The Morgan fingerprint density at radius 2 is 1.59 bits per heavy atom. The van der Waals surface area contributed by atoms with Gasteiger partial charge in [-0.2, -0.15) is 0 Å². The topological polar surface area (TPSA) is 111 Å². The van der Waals surface area contributed by atoms with Crippen LogP contribution in [0.2, 0.25) is 0 Å². The van der Waals surface area contributed by atoms with Crippen molar-refractivity contribution < 1.29 is 27.7 Å². The predicted molar refractivity (Wildman–Crippen MR) is 160 cm³/mol. The van der Waals surface area contributed by atoms with E-state index in [-0.39, 0.29) is 19.1 Å². The zero-order valence-corrected chi connectivity index (χ0v) is 23.9. The number of benzene rings is 4. The molecule has 1 aliphatic rings. The Morgan fingerprint density at radius 1 is 0.927 bits per heavy atom. The SMILES string of the molecule is CCC(O)c1c(N)ccc(N(C(Cc2ccccc2)c2ccc3c(c2)OCO3)S(C)(=O)=O)c1OCc1ccccc1. The first-order valence-corrected chi connectivity index (χ1v) is 15.3. The number of nitrogens with two attached hydrogens (primary N) is 1. The maximum absolute atomic E-state index is 13.8. The molecule has 0 spiro atoms. The van der Waals surface area contributed by atoms with Crippen LogP contribution >= 0.6 is 0 Å². The van der Waals surface area contributed by atoms with Crippen LogP contribution in [0, 0.1) is 0 Å². The summed E-state index contributed by atoms with van der Waals surface area (Å²) in [6.45, 7) is 2.09. The van der Waals surface area contributed by atoms with Crippen LogP contribution in [0.4, 0.5) is 11.4 Å². The van der Waals surface area contributed by atoms with Gasteiger partial charge in [0, 0.05) is 11.3 Å². The van der Waals surface area contributed by atoms with Gasteiger partial charge in [0.25, 0.3) is 0 Å². The Hall–Kier alpha value is -4.21. The highest BCUT2D eigenvalue weighted by molar-refractivity contribution is 7.92. The van der Waals surface area contributed by atoms with Gasteiger partial charge in [-0.15, -0.1) is 0 Å². The Balaban J connectivity index is 1.70. The minimum absolute atomic E-state index is 0.103. The van der Waals surface area contributed by atoms with Crippen LogP contribution in [0.5, 0.6) is 17.2 Å². The highest BCUT2D eigenvalue weighted by atomic mass is 32.2. The molecule has 0 fully saturated rings. The molecule has 1 heterocycles. The van der Waals surface area contributed by atoms with Crippen molar-refractivity contribution in [1.29, 1.82) is 0 Å². The highest BCUT2D eigenvalue weighted by Gasteiger charge is 2.34. The normalized spacial score (nSPS) is 13.9. The molecule has 2 unspecified atom stereocenters. The van der Waals surface area contributed by atoms with E-state index in [0.717, 1.165) is 11.1 Å². The summed E-state index contributed by atoms with van der Waals surface area (Å²) in [6.07, 6.45) is 0.941. The molecule has 2 atom stereocenters. The molecule has 0 aliphatic carbocycles. The number of nitrogens with zero attached hydrogens (tertiary/aromatic N) is 1. The number of sulfonamides is 1. The van der Waals surface area contributed by atoms with E-state index in [1.54, 1.807) is 18.2 Å². The first-order valence-electron chi connectivity index (χ1n) is 13.5. The molecule has 41 heavy (non-hydrogen) atoms. The third-order valence-corrected chi connectivity index (χ3v) is 8.25. The predicted octanol–water partition coefficient (Wildman–Crippen LogP) is 5.77. The maximum atomic E-state index is 13.8. The lowest BCUT2D eigenvalue weighted by molar-refractivity contribution is 0.167. The van der Waals surface area contributed by atoms with Crippen molar-refractivity contribution in [3.63, 3.8) is 0 Å². The number of fused-ring (bicyclic) bond motifs is 1. The standard InChI is InChI=1S/C32H34N2O6S/c1-3-28(35)31-25(33)15-16-26(32(31)38-20-23-12-8-5-9-13-23)34(41(2,36)37)27(18-22-10-6-4-7-11-22)24-14-17-29-30(19-24)40-21-39-29/h4-17,19,27-28,35H,3,18,20-21,33H2,1-2H3. The number of hydrogen-bond donors (Lipinski definition) is 2. The van der Waals surface area contributed by atoms with Crippen molar-refractivity contribution in [3.05, 3.63) is 113 Å². The van der Waals surface area contributed by atoms with Crippen LogP contribution in [0.1, 0.15) is 47.7 Å². The summed E-state index contributed by atoms with van der Waals surface area (Å²) < 4.78 is 46.4. The summed E-state index contributed by atoms with van der Waals surface area (Å²) >= 11 is 0. The summed E-state index contributed by atoms with van der Waals surface area (Å²) in [5, 5.41) is 11.0. The average molecular weight is 575 g/mol. The molecular weight excluding hydrogens is 540 g/mol. The molecule has 0 radical (unpaired) electrons. The van der Waals surface area contributed by atoms with Crippen molar-refractivity contribution in [1.82, 2.24) is 0 Å². The minimum atomic E-state index is -3.91. The number of ether oxygens (including phenoxy) is 3. The van der Waals surface area contributed by atoms with Crippen LogP contribution in [0.15, 0.2) is 91.0 Å². The molecule has 3 N–H and O–H groups in total. The second kappa shape index (κ2) is 12.1. The van der Waals surface area contributed by atoms with E-state index in [2.05, 4.69) is 0 Å². The molecule has 4 aromatic carbocycles. The Labute approximate surface area is 241 Å². The van der Waals surface area contributed by atoms with E-state index in [1.807, 2.05) is 79.7 Å². The quantitative estimate of drug-likeness (QED) is 0.219. The van der Waals surface area contributed by atoms with Gasteiger partial charge >= 0.3 is 0 Å². The molecule has 0 amide bonds. The number of anilines is 2. The van der Waals surface area contributed by atoms with Crippen molar-refractivity contribution in [2.75, 3.05) is 23.1 Å². The van der Waals surface area contributed by atoms with Gasteiger partial charge in [0.1, 0.15) is 6.61 Å². The third-order valence-electron chi connectivity index (χ3n) is 7.09. The molecule has 0 aromatic heterocycles. The number of nitrogen functional groups attached to an aromatic ring is 1. The molecule has 4 aromatic rings. The molecule has 5 rings (SSSR count). The molecule has 214 valence electrons. The second-order valence-corrected chi connectivity index (χ2v) is 11.9. The zero-order valence-electron chi connectivity index (χ0n) is 23.1. The smallest absolute Gasteiger partial charge is 0.232 e. The fourth-order valence-electron chi connectivity index (χ4n) is 5.08. The maximum Gasteiger partial charge on any atom is 0.232 e. The number of aliphatic hydroxyl groups is 1. The van der Waals surface area contributed by atoms with Gasteiger partial charge in [0.15, 0.2) is 17.2 Å². The Kier molecular flexibility index (Phi) is 8.37. The lowest BCUT2D eigenvalue weighted by Gasteiger charge is -2.34. The lowest BCUT2D eigenvalue weighted by Crippen LogP contribution is -2.36. The van der Waals surface area contributed by atoms with Crippen LogP contribution < -0.4 is 24.2 Å². The average Bonchev–Trinajstić information content (AvgIpc) is 3.45. The largest absolute Gasteiger partial charge is 0.486 e. The fraction of sp³-hybridized carbons (Fsp3) is 0.250. The van der Waals surface area contributed by atoms with Crippen molar-refractivity contribution in [2.24, 2.45) is 0 Å². The van der Waals surface area contributed by atoms with Gasteiger partial charge in [0.2, 0.25) is 16.8 Å². The van der Waals surface area contributed by atoms with Crippen LogP contribution in [-0.2, 0) is 23.1 Å². The van der Waals surface area contributed by atoms with Gasteiger partial charge in [-0.05, 0) is 53.8 Å². The van der Waals surface area contributed by atoms with Gasteiger partial charge in [-0.25, -0.2) is 8.42 Å². The first-order chi connectivity index (χ1) is 19.8. The summed E-state index contributed by atoms with van der Waals surface area (Å²) in [4.78, 5) is 0. The summed E-state index contributed by atoms with van der Waals surface area (Å²) in [6, 6.07) is 27.3. The molecule has 8 nitrogen and oxygen atoms in total. The van der Waals surface area contributed by atoms with Gasteiger partial charge in [0.05, 0.1) is 24.1 Å². The number of aliphatic hydroxyl groups excluding tert-OH is 1. The summed E-state index contributed by atoms with van der Waals surface area (Å²) in [7, 11) is -3.91. The third kappa shape index (κ3) is 6.26. The van der Waals surface area contributed by atoms with Gasteiger partial charge in [-0.1, -0.05) is 73.7 Å². The Morgan fingerprint density at radius 3 is 2.24 bits per heavy atom. The Bertz CT molecular complexity index is 1600. The van der Waals surface area contributed by atoms with E-state index in [4.69, 9.17) is 19.9 Å². The first kappa shape index (κ1) is 28.3. The van der Waals surface area contributed by atoms with Crippen LogP contribution in [0.25, 0.3) is 0 Å². The zero-order chi connectivity index (χ0) is 29.0. The lowest BCUT2D eigenvalue weighted by atomic mass is 9.97. The highest BCUT2D eigenvalue weighted by Crippen LogP contribution is 2.46. The minimum Gasteiger partial charge on any atom is -0.486 e. The molecule has 9 heteroatoms. The van der Waals surface area contributed by atoms with Gasteiger partial charge < -0.3 is 25.1 Å². The van der Waals surface area contributed by atoms with Gasteiger partial charge in [-0.3, -0.25) is 4.31 Å². The monoisotopic (exact) mass is 574 g/mol. The van der Waals surface area contributed by atoms with E-state index in [9.17, 15) is 13.5 Å². The van der Waals surface area contributed by atoms with Crippen molar-refractivity contribution >= 4 is 21.4 Å². The number of rotatable bonds is 11. The van der Waals surface area contributed by atoms with Crippen LogP contribution in [-0.4, -0.2) is 26.6 Å². The molecule has 1 aliphatic heterocycles. The van der Waals surface area contributed by atoms with Crippen LogP contribution in [0.3, 0.4) is 0 Å². The van der Waals surface area contributed by atoms with Crippen molar-refractivity contribution in [3.8, 4) is 17.2 Å². The molecule has 0 saturated heterocycles. The molecule has 0 saturated carbocycles.